The molecule has 22 heavy (non-hydrogen) atoms. The fraction of sp³-hybridized carbons (Fsp3) is 0.0625. The van der Waals surface area contributed by atoms with Crippen LogP contribution in [0.1, 0.15) is 5.56 Å². The summed E-state index contributed by atoms with van der Waals surface area (Å²) in [4.78, 5) is 0. The van der Waals surface area contributed by atoms with Crippen LogP contribution in [-0.2, 0) is 26.2 Å². The monoisotopic (exact) mass is 385 g/mol. The zero-order valence-corrected chi connectivity index (χ0v) is 13.7. The minimum absolute atomic E-state index is 0. The predicted molar refractivity (Wildman–Crippen MR) is 69.5 cm³/mol. The Bertz CT molecular complexity index is 838. The summed E-state index contributed by atoms with van der Waals surface area (Å²) in [5.41, 5.74) is -0.0858. The molecule has 0 aliphatic heterocycles. The molecule has 0 spiro atoms. The molecule has 0 N–H and O–H groups in total. The van der Waals surface area contributed by atoms with E-state index < -0.39 is 34.6 Å². The third-order valence-corrected chi connectivity index (χ3v) is 3.37. The Kier molecular flexibility index (Phi) is 4.62. The van der Waals surface area contributed by atoms with Crippen LogP contribution in [0.5, 0.6) is 0 Å². The van der Waals surface area contributed by atoms with Gasteiger partial charge in [-0.05, 0) is 0 Å². The molecule has 0 saturated heterocycles. The van der Waals surface area contributed by atoms with E-state index in [1.54, 1.807) is 25.1 Å². The Hall–Kier alpha value is -1.42. The second kappa shape index (κ2) is 6.00. The minimum Gasteiger partial charge on any atom is -0.203 e. The maximum Gasteiger partial charge on any atom is 0.200 e. The van der Waals surface area contributed by atoms with Crippen LogP contribution < -0.4 is 0 Å². The topological polar surface area (TPSA) is 0 Å². The average Bonchev–Trinajstić information content (AvgIpc) is 2.84. The van der Waals surface area contributed by atoms with Gasteiger partial charge in [-0.3, -0.25) is 0 Å². The van der Waals surface area contributed by atoms with Crippen molar-refractivity contribution in [2.24, 2.45) is 0 Å². The van der Waals surface area contributed by atoms with Crippen LogP contribution in [0.2, 0.25) is 0 Å². The van der Waals surface area contributed by atoms with Crippen LogP contribution >= 0.6 is 0 Å². The molecular formula is C16H8F5Zr-. The molecule has 0 aliphatic carbocycles. The summed E-state index contributed by atoms with van der Waals surface area (Å²) in [6.07, 6.45) is 0. The van der Waals surface area contributed by atoms with Crippen LogP contribution in [0, 0.1) is 36.0 Å². The molecular weight excluding hydrogens is 378 g/mol. The molecule has 0 bridgehead atoms. The van der Waals surface area contributed by atoms with Gasteiger partial charge in [0, 0.05) is 26.2 Å². The molecule has 0 atom stereocenters. The molecule has 0 amide bonds. The molecule has 0 fully saturated rings. The van der Waals surface area contributed by atoms with E-state index >= 15 is 0 Å². The van der Waals surface area contributed by atoms with E-state index in [9.17, 15) is 22.0 Å². The second-order valence-electron chi connectivity index (χ2n) is 4.79. The molecule has 0 heterocycles. The smallest absolute Gasteiger partial charge is 0.200 e. The van der Waals surface area contributed by atoms with Crippen LogP contribution in [0.25, 0.3) is 21.9 Å². The predicted octanol–water partition coefficient (Wildman–Crippen LogP) is 5.23. The maximum absolute atomic E-state index is 13.9. The number of benzene rings is 2. The van der Waals surface area contributed by atoms with Crippen LogP contribution in [0.4, 0.5) is 22.0 Å². The molecule has 0 aromatic heterocycles. The first kappa shape index (κ1) is 16.9. The number of hydrogen-bond acceptors (Lipinski definition) is 0. The Morgan fingerprint density at radius 2 is 1.36 bits per heavy atom. The van der Waals surface area contributed by atoms with Gasteiger partial charge in [-0.1, -0.05) is 18.6 Å². The van der Waals surface area contributed by atoms with E-state index in [2.05, 4.69) is 0 Å². The molecule has 3 aromatic rings. The molecule has 3 rings (SSSR count). The van der Waals surface area contributed by atoms with Crippen molar-refractivity contribution in [3.63, 3.8) is 0 Å². The van der Waals surface area contributed by atoms with Crippen LogP contribution in [0.15, 0.2) is 30.3 Å². The Labute approximate surface area is 142 Å². The summed E-state index contributed by atoms with van der Waals surface area (Å²) >= 11 is 0. The fourth-order valence-electron chi connectivity index (χ4n) is 2.44. The van der Waals surface area contributed by atoms with Crippen LogP contribution in [0.3, 0.4) is 0 Å². The molecule has 6 heteroatoms. The van der Waals surface area contributed by atoms with Gasteiger partial charge in [0.15, 0.2) is 23.3 Å². The number of fused-ring (bicyclic) bond motifs is 1. The van der Waals surface area contributed by atoms with Gasteiger partial charge in [0.1, 0.15) is 0 Å². The summed E-state index contributed by atoms with van der Waals surface area (Å²) in [6.45, 7) is 1.78. The number of halogens is 5. The summed E-state index contributed by atoms with van der Waals surface area (Å²) in [7, 11) is 0. The number of rotatable bonds is 1. The summed E-state index contributed by atoms with van der Waals surface area (Å²) in [5.74, 6) is -9.68. The third-order valence-electron chi connectivity index (χ3n) is 3.37. The molecule has 112 valence electrons. The quantitative estimate of drug-likeness (QED) is 0.233. The largest absolute Gasteiger partial charge is 0.203 e. The average molecular weight is 386 g/mol. The normalized spacial score (nSPS) is 10.8. The summed E-state index contributed by atoms with van der Waals surface area (Å²) in [6, 6.07) is 7.96. The third kappa shape index (κ3) is 2.43. The second-order valence-corrected chi connectivity index (χ2v) is 4.79. The van der Waals surface area contributed by atoms with E-state index in [4.69, 9.17) is 0 Å². The SMILES string of the molecule is Cc1cc2c(-c3c(F)c(F)c(F)c(F)c3F)cccc2[cH-]1.[Zr]. The molecule has 0 unspecified atom stereocenters. The van der Waals surface area contributed by atoms with Crippen molar-refractivity contribution in [2.75, 3.05) is 0 Å². The van der Waals surface area contributed by atoms with Crippen molar-refractivity contribution >= 4 is 10.8 Å². The van der Waals surface area contributed by atoms with Gasteiger partial charge >= 0.3 is 0 Å². The fourth-order valence-corrected chi connectivity index (χ4v) is 2.44. The Balaban J connectivity index is 0.00000176. The molecule has 0 saturated carbocycles. The van der Waals surface area contributed by atoms with Crippen molar-refractivity contribution < 1.29 is 48.2 Å². The molecule has 3 aromatic carbocycles. The van der Waals surface area contributed by atoms with E-state index in [1.807, 2.05) is 0 Å². The molecule has 0 nitrogen and oxygen atoms in total. The van der Waals surface area contributed by atoms with Crippen molar-refractivity contribution in [2.45, 2.75) is 6.92 Å². The van der Waals surface area contributed by atoms with Crippen molar-refractivity contribution in [3.8, 4) is 11.1 Å². The van der Waals surface area contributed by atoms with Gasteiger partial charge in [-0.25, -0.2) is 22.0 Å². The van der Waals surface area contributed by atoms with Gasteiger partial charge in [0.05, 0.1) is 5.56 Å². The summed E-state index contributed by atoms with van der Waals surface area (Å²) in [5, 5.41) is 1.12. The molecule has 0 aliphatic rings. The number of aryl methyl sites for hydroxylation is 1. The first-order valence-electron chi connectivity index (χ1n) is 6.09. The zero-order valence-electron chi connectivity index (χ0n) is 11.3. The molecule has 0 radical (unpaired) electrons. The van der Waals surface area contributed by atoms with Crippen molar-refractivity contribution in [1.29, 1.82) is 0 Å². The van der Waals surface area contributed by atoms with Gasteiger partial charge < -0.3 is 0 Å². The van der Waals surface area contributed by atoms with Gasteiger partial charge in [-0.2, -0.15) is 6.07 Å². The standard InChI is InChI=1S/C16H8F5.Zr/c1-7-5-8-3-2-4-9(10(8)6-7)11-12(17)14(19)16(21)15(20)13(11)18;/h2-6H,1H3;/q-1;. The van der Waals surface area contributed by atoms with Gasteiger partial charge in [0.25, 0.3) is 0 Å². The van der Waals surface area contributed by atoms with Crippen molar-refractivity contribution in [3.05, 3.63) is 65.0 Å². The zero-order chi connectivity index (χ0) is 15.3. The Morgan fingerprint density at radius 3 is 1.95 bits per heavy atom. The number of hydrogen-bond donors (Lipinski definition) is 0. The first-order chi connectivity index (χ1) is 9.91. The van der Waals surface area contributed by atoms with E-state index in [0.717, 1.165) is 5.56 Å². The van der Waals surface area contributed by atoms with Gasteiger partial charge in [-0.15, -0.1) is 34.5 Å². The van der Waals surface area contributed by atoms with Gasteiger partial charge in [0.2, 0.25) is 5.82 Å². The first-order valence-corrected chi connectivity index (χ1v) is 6.09. The van der Waals surface area contributed by atoms with E-state index in [1.165, 1.54) is 12.1 Å². The Morgan fingerprint density at radius 1 is 0.818 bits per heavy atom. The minimum atomic E-state index is -2.15. The van der Waals surface area contributed by atoms with Crippen molar-refractivity contribution in [1.82, 2.24) is 0 Å². The maximum atomic E-state index is 13.9. The van der Waals surface area contributed by atoms with E-state index in [-0.39, 0.29) is 31.8 Å². The van der Waals surface area contributed by atoms with E-state index in [0.29, 0.717) is 10.8 Å². The summed E-state index contributed by atoms with van der Waals surface area (Å²) < 4.78 is 67.6. The van der Waals surface area contributed by atoms with Crippen LogP contribution in [-0.4, -0.2) is 0 Å².